The summed E-state index contributed by atoms with van der Waals surface area (Å²) in [5.74, 6) is 0.883. The van der Waals surface area contributed by atoms with Gasteiger partial charge in [0.2, 0.25) is 0 Å². The van der Waals surface area contributed by atoms with Gasteiger partial charge in [-0.2, -0.15) is 8.78 Å². The molecule has 0 aromatic heterocycles. The molecule has 0 heterocycles. The third-order valence-electron chi connectivity index (χ3n) is 4.28. The highest BCUT2D eigenvalue weighted by molar-refractivity contribution is 5.80. The van der Waals surface area contributed by atoms with E-state index >= 15 is 0 Å². The van der Waals surface area contributed by atoms with Gasteiger partial charge in [-0.1, -0.05) is 26.0 Å². The molecule has 1 rings (SSSR count). The van der Waals surface area contributed by atoms with Gasteiger partial charge in [0.15, 0.2) is 5.96 Å². The predicted molar refractivity (Wildman–Crippen MR) is 108 cm³/mol. The number of guanidine groups is 1. The maximum atomic E-state index is 12.3. The van der Waals surface area contributed by atoms with Crippen molar-refractivity contribution < 1.29 is 13.5 Å². The number of nitrogens with one attached hydrogen (secondary N) is 2. The molecule has 1 aromatic rings. The van der Waals surface area contributed by atoms with E-state index in [0.717, 1.165) is 50.5 Å². The average molecular weight is 385 g/mol. The van der Waals surface area contributed by atoms with E-state index in [1.165, 1.54) is 6.07 Å². The van der Waals surface area contributed by atoms with Gasteiger partial charge >= 0.3 is 6.61 Å². The highest BCUT2D eigenvalue weighted by Crippen LogP contribution is 2.16. The quantitative estimate of drug-likeness (QED) is 0.424. The minimum Gasteiger partial charge on any atom is -0.435 e. The van der Waals surface area contributed by atoms with Gasteiger partial charge in [0.05, 0.1) is 6.54 Å². The molecule has 27 heavy (non-hydrogen) atoms. The molecular weight excluding hydrogens is 350 g/mol. The number of benzene rings is 1. The van der Waals surface area contributed by atoms with Crippen molar-refractivity contribution in [1.29, 1.82) is 0 Å². The average Bonchev–Trinajstić information content (AvgIpc) is 2.63. The zero-order valence-electron chi connectivity index (χ0n) is 17.0. The smallest absolute Gasteiger partial charge is 0.387 e. The minimum absolute atomic E-state index is 0.153. The van der Waals surface area contributed by atoms with Crippen molar-refractivity contribution in [2.45, 2.75) is 59.7 Å². The van der Waals surface area contributed by atoms with E-state index in [1.807, 2.05) is 13.0 Å². The molecule has 0 aliphatic carbocycles. The topological polar surface area (TPSA) is 48.9 Å². The fourth-order valence-electron chi connectivity index (χ4n) is 2.78. The van der Waals surface area contributed by atoms with Crippen LogP contribution in [0.25, 0.3) is 0 Å². The minimum atomic E-state index is -2.82. The second kappa shape index (κ2) is 13.3. The zero-order valence-corrected chi connectivity index (χ0v) is 17.0. The SMILES string of the molecule is CCNC(=NCc1cccc(OC(F)F)c1)NC(C)CCCN(CC)CC. The molecule has 1 unspecified atom stereocenters. The van der Waals surface area contributed by atoms with Crippen molar-refractivity contribution in [2.24, 2.45) is 4.99 Å². The molecule has 154 valence electrons. The van der Waals surface area contributed by atoms with Crippen LogP contribution in [0.2, 0.25) is 0 Å². The fraction of sp³-hybridized carbons (Fsp3) is 0.650. The monoisotopic (exact) mass is 384 g/mol. The summed E-state index contributed by atoms with van der Waals surface area (Å²) in [6.45, 7) is 10.1. The molecule has 1 aromatic carbocycles. The van der Waals surface area contributed by atoms with E-state index in [1.54, 1.807) is 12.1 Å². The van der Waals surface area contributed by atoms with Crippen LogP contribution in [0.1, 0.15) is 46.1 Å². The molecule has 2 N–H and O–H groups in total. The summed E-state index contributed by atoms with van der Waals surface area (Å²) in [7, 11) is 0. The van der Waals surface area contributed by atoms with Crippen LogP contribution < -0.4 is 15.4 Å². The van der Waals surface area contributed by atoms with Crippen LogP contribution in [-0.4, -0.2) is 49.7 Å². The lowest BCUT2D eigenvalue weighted by Crippen LogP contribution is -2.42. The highest BCUT2D eigenvalue weighted by Gasteiger charge is 2.08. The van der Waals surface area contributed by atoms with Gasteiger partial charge in [0.1, 0.15) is 5.75 Å². The van der Waals surface area contributed by atoms with Crippen LogP contribution in [0, 0.1) is 0 Å². The third kappa shape index (κ3) is 10.1. The van der Waals surface area contributed by atoms with E-state index in [-0.39, 0.29) is 5.75 Å². The van der Waals surface area contributed by atoms with Gasteiger partial charge in [-0.3, -0.25) is 0 Å². The van der Waals surface area contributed by atoms with Crippen LogP contribution >= 0.6 is 0 Å². The van der Waals surface area contributed by atoms with Crippen molar-refractivity contribution in [3.63, 3.8) is 0 Å². The van der Waals surface area contributed by atoms with E-state index < -0.39 is 6.61 Å². The van der Waals surface area contributed by atoms with E-state index in [9.17, 15) is 8.78 Å². The molecule has 0 saturated carbocycles. The van der Waals surface area contributed by atoms with Crippen molar-refractivity contribution in [2.75, 3.05) is 26.2 Å². The Balaban J connectivity index is 2.56. The Kier molecular flexibility index (Phi) is 11.4. The molecule has 0 saturated heterocycles. The Morgan fingerprint density at radius 3 is 2.59 bits per heavy atom. The van der Waals surface area contributed by atoms with Crippen molar-refractivity contribution in [3.05, 3.63) is 29.8 Å². The molecule has 0 fully saturated rings. The molecule has 0 bridgehead atoms. The van der Waals surface area contributed by atoms with Crippen molar-refractivity contribution in [1.82, 2.24) is 15.5 Å². The maximum absolute atomic E-state index is 12.3. The fourth-order valence-corrected chi connectivity index (χ4v) is 2.78. The first-order chi connectivity index (χ1) is 13.0. The molecule has 0 spiro atoms. The number of hydrogen-bond acceptors (Lipinski definition) is 3. The largest absolute Gasteiger partial charge is 0.435 e. The lowest BCUT2D eigenvalue weighted by atomic mass is 10.2. The van der Waals surface area contributed by atoms with Crippen molar-refractivity contribution in [3.8, 4) is 5.75 Å². The number of hydrogen-bond donors (Lipinski definition) is 2. The Morgan fingerprint density at radius 2 is 1.96 bits per heavy atom. The molecule has 0 aliphatic rings. The summed E-state index contributed by atoms with van der Waals surface area (Å²) in [4.78, 5) is 6.98. The second-order valence-electron chi connectivity index (χ2n) is 6.44. The predicted octanol–water partition coefficient (Wildman–Crippen LogP) is 3.85. The lowest BCUT2D eigenvalue weighted by Gasteiger charge is -2.21. The number of halogens is 2. The van der Waals surface area contributed by atoms with Crippen LogP contribution in [0.4, 0.5) is 8.78 Å². The number of rotatable bonds is 12. The van der Waals surface area contributed by atoms with Crippen LogP contribution in [0.5, 0.6) is 5.75 Å². The second-order valence-corrected chi connectivity index (χ2v) is 6.44. The van der Waals surface area contributed by atoms with Gasteiger partial charge in [-0.05, 0) is 64.0 Å². The zero-order chi connectivity index (χ0) is 20.1. The number of ether oxygens (including phenoxy) is 1. The summed E-state index contributed by atoms with van der Waals surface area (Å²) in [6, 6.07) is 6.94. The van der Waals surface area contributed by atoms with Crippen LogP contribution in [0.15, 0.2) is 29.3 Å². The van der Waals surface area contributed by atoms with Gasteiger partial charge in [0.25, 0.3) is 0 Å². The molecular formula is C20H34F2N4O. The van der Waals surface area contributed by atoms with E-state index in [0.29, 0.717) is 12.6 Å². The Morgan fingerprint density at radius 1 is 1.22 bits per heavy atom. The molecule has 0 amide bonds. The lowest BCUT2D eigenvalue weighted by molar-refractivity contribution is -0.0498. The maximum Gasteiger partial charge on any atom is 0.387 e. The van der Waals surface area contributed by atoms with Crippen LogP contribution in [-0.2, 0) is 6.54 Å². The molecule has 0 aliphatic heterocycles. The standard InChI is InChI=1S/C20H34F2N4O/c1-5-23-20(25-16(4)10-9-13-26(6-2)7-3)24-15-17-11-8-12-18(14-17)27-19(21)22/h8,11-12,14,16,19H,5-7,9-10,13,15H2,1-4H3,(H2,23,24,25). The molecule has 1 atom stereocenters. The highest BCUT2D eigenvalue weighted by atomic mass is 19.3. The summed E-state index contributed by atoms with van der Waals surface area (Å²) in [5, 5.41) is 6.64. The summed E-state index contributed by atoms with van der Waals surface area (Å²) < 4.78 is 29.1. The third-order valence-corrected chi connectivity index (χ3v) is 4.28. The molecule has 7 heteroatoms. The van der Waals surface area contributed by atoms with Gasteiger partial charge in [0, 0.05) is 12.6 Å². The first-order valence-electron chi connectivity index (χ1n) is 9.79. The van der Waals surface area contributed by atoms with Gasteiger partial charge in [-0.25, -0.2) is 4.99 Å². The first kappa shape index (κ1) is 23.1. The molecule has 5 nitrogen and oxygen atoms in total. The Bertz CT molecular complexity index is 551. The number of aliphatic imine (C=N–C) groups is 1. The van der Waals surface area contributed by atoms with E-state index in [4.69, 9.17) is 0 Å². The van der Waals surface area contributed by atoms with E-state index in [2.05, 4.69) is 46.0 Å². The van der Waals surface area contributed by atoms with Crippen LogP contribution in [0.3, 0.4) is 0 Å². The van der Waals surface area contributed by atoms with Gasteiger partial charge < -0.3 is 20.3 Å². The van der Waals surface area contributed by atoms with Crippen molar-refractivity contribution >= 4 is 5.96 Å². The summed E-state index contributed by atoms with van der Waals surface area (Å²) in [6.07, 6.45) is 2.18. The normalized spacial score (nSPS) is 13.1. The Labute approximate surface area is 162 Å². The summed E-state index contributed by atoms with van der Waals surface area (Å²) >= 11 is 0. The first-order valence-corrected chi connectivity index (χ1v) is 9.79. The number of nitrogens with zero attached hydrogens (tertiary/aromatic N) is 2. The Hall–Kier alpha value is -1.89. The van der Waals surface area contributed by atoms with Gasteiger partial charge in [-0.15, -0.1) is 0 Å². The summed E-state index contributed by atoms with van der Waals surface area (Å²) in [5.41, 5.74) is 0.819. The number of alkyl halides is 2. The molecule has 0 radical (unpaired) electrons.